The van der Waals surface area contributed by atoms with Crippen molar-refractivity contribution in [2.45, 2.75) is 90.6 Å². The van der Waals surface area contributed by atoms with Gasteiger partial charge in [0, 0.05) is 41.7 Å². The summed E-state index contributed by atoms with van der Waals surface area (Å²) in [6, 6.07) is 0. The van der Waals surface area contributed by atoms with Crippen LogP contribution in [-0.4, -0.2) is 52.7 Å². The van der Waals surface area contributed by atoms with E-state index in [1.54, 1.807) is 6.08 Å². The highest BCUT2D eigenvalue weighted by molar-refractivity contribution is 6.09. The largest absolute Gasteiger partial charge is 0.462 e. The van der Waals surface area contributed by atoms with Gasteiger partial charge in [0.15, 0.2) is 5.78 Å². The monoisotopic (exact) mass is 548 g/mol. The van der Waals surface area contributed by atoms with Crippen LogP contribution in [0, 0.1) is 34.5 Å². The van der Waals surface area contributed by atoms with Crippen LogP contribution in [-0.2, 0) is 33.4 Å². The summed E-state index contributed by atoms with van der Waals surface area (Å²) in [6.07, 6.45) is 2.08. The number of ether oxygens (including phenoxy) is 3. The van der Waals surface area contributed by atoms with Crippen LogP contribution in [0.25, 0.3) is 0 Å². The Kier molecular flexibility index (Phi) is 5.08. The van der Waals surface area contributed by atoms with E-state index in [0.29, 0.717) is 43.3 Å². The summed E-state index contributed by atoms with van der Waals surface area (Å²) in [6.45, 7) is 13.1. The van der Waals surface area contributed by atoms with Gasteiger partial charge in [0.1, 0.15) is 18.3 Å². The molecule has 0 aromatic heterocycles. The van der Waals surface area contributed by atoms with Gasteiger partial charge in [-0.25, -0.2) is 4.79 Å². The lowest BCUT2D eigenvalue weighted by Gasteiger charge is -2.49. The van der Waals surface area contributed by atoms with Crippen LogP contribution in [0.5, 0.6) is 0 Å². The van der Waals surface area contributed by atoms with Crippen LogP contribution >= 0.6 is 0 Å². The van der Waals surface area contributed by atoms with Crippen molar-refractivity contribution in [3.05, 3.63) is 46.1 Å². The summed E-state index contributed by atoms with van der Waals surface area (Å²) >= 11 is 0. The van der Waals surface area contributed by atoms with Gasteiger partial charge in [0.05, 0.1) is 16.9 Å². The Bertz CT molecular complexity index is 1430. The van der Waals surface area contributed by atoms with Gasteiger partial charge >= 0.3 is 17.9 Å². The van der Waals surface area contributed by atoms with Gasteiger partial charge in [-0.3, -0.25) is 14.4 Å². The Labute approximate surface area is 233 Å². The summed E-state index contributed by atoms with van der Waals surface area (Å²) in [5, 5.41) is 11.8. The van der Waals surface area contributed by atoms with E-state index in [9.17, 15) is 24.3 Å². The fraction of sp³-hybridized carbons (Fsp3) is 0.625. The number of carbonyl (C=O) groups excluding carboxylic acids is 4. The number of ketones is 1. The Morgan fingerprint density at radius 3 is 2.55 bits per heavy atom. The molecule has 8 nitrogen and oxygen atoms in total. The van der Waals surface area contributed by atoms with Gasteiger partial charge in [-0.2, -0.15) is 0 Å². The molecule has 7 aliphatic rings. The maximum absolute atomic E-state index is 14.4. The van der Waals surface area contributed by atoms with E-state index < -0.39 is 58.5 Å². The lowest BCUT2D eigenvalue weighted by atomic mass is 9.52. The summed E-state index contributed by atoms with van der Waals surface area (Å²) in [7, 11) is 0. The molecule has 2 heterocycles. The number of carbonyl (C=O) groups is 4. The van der Waals surface area contributed by atoms with Crippen LogP contribution in [0.3, 0.4) is 0 Å². The van der Waals surface area contributed by atoms with E-state index in [-0.39, 0.29) is 23.6 Å². The summed E-state index contributed by atoms with van der Waals surface area (Å²) in [5.74, 6) is -2.64. The first kappa shape index (κ1) is 25.9. The second-order valence-corrected chi connectivity index (χ2v) is 13.7. The standard InChI is InChI=1S/C32H36O8/c1-13-9-19(34)21-14(2)10-20(38-16(4)33)24-27(22(13)21)40-29(36)32(24)12-17-11-30(32,5)25-23(17)31(6,37)8-7-18-15(3)28(35)39-26(18)25/h9,17-18,20,22,24,26-27,37H,3,7-8,10-12H2,1-2,4-6H3. The van der Waals surface area contributed by atoms with Crippen molar-refractivity contribution in [1.82, 2.24) is 0 Å². The molecular weight excluding hydrogens is 512 g/mol. The number of rotatable bonds is 1. The molecule has 40 heavy (non-hydrogen) atoms. The van der Waals surface area contributed by atoms with Crippen molar-refractivity contribution < 1.29 is 38.5 Å². The molecule has 2 aliphatic heterocycles. The molecule has 2 saturated heterocycles. The normalized spacial score (nSPS) is 47.0. The Morgan fingerprint density at radius 1 is 1.12 bits per heavy atom. The second-order valence-electron chi connectivity index (χ2n) is 13.7. The van der Waals surface area contributed by atoms with E-state index in [0.717, 1.165) is 22.3 Å². The molecular formula is C32H36O8. The molecule has 5 aliphatic carbocycles. The minimum Gasteiger partial charge on any atom is -0.462 e. The lowest BCUT2D eigenvalue weighted by Crippen LogP contribution is -2.54. The fourth-order valence-corrected chi connectivity index (χ4v) is 10.3. The topological polar surface area (TPSA) is 116 Å². The summed E-state index contributed by atoms with van der Waals surface area (Å²) < 4.78 is 18.3. The molecule has 212 valence electrons. The van der Waals surface area contributed by atoms with Crippen molar-refractivity contribution in [1.29, 1.82) is 0 Å². The first-order valence-electron chi connectivity index (χ1n) is 14.4. The maximum atomic E-state index is 14.4. The van der Waals surface area contributed by atoms with Crippen LogP contribution in [0.2, 0.25) is 0 Å². The maximum Gasteiger partial charge on any atom is 0.334 e. The Morgan fingerprint density at radius 2 is 1.85 bits per heavy atom. The number of aliphatic hydroxyl groups is 1. The molecule has 1 saturated carbocycles. The van der Waals surface area contributed by atoms with Crippen LogP contribution < -0.4 is 0 Å². The van der Waals surface area contributed by atoms with E-state index in [2.05, 4.69) is 6.58 Å². The highest BCUT2D eigenvalue weighted by Gasteiger charge is 2.78. The van der Waals surface area contributed by atoms with Gasteiger partial charge < -0.3 is 19.3 Å². The Balaban J connectivity index is 1.44. The number of hydrogen-bond acceptors (Lipinski definition) is 8. The molecule has 0 radical (unpaired) electrons. The minimum absolute atomic E-state index is 0.0811. The number of allylic oxidation sites excluding steroid dienone is 1. The third kappa shape index (κ3) is 2.91. The third-order valence-corrected chi connectivity index (χ3v) is 11.6. The fourth-order valence-electron chi connectivity index (χ4n) is 10.3. The molecule has 0 aromatic rings. The predicted molar refractivity (Wildman–Crippen MR) is 141 cm³/mol. The highest BCUT2D eigenvalue weighted by atomic mass is 16.6. The van der Waals surface area contributed by atoms with E-state index in [1.807, 2.05) is 27.7 Å². The molecule has 3 fully saturated rings. The highest BCUT2D eigenvalue weighted by Crippen LogP contribution is 2.76. The quantitative estimate of drug-likeness (QED) is 0.228. The predicted octanol–water partition coefficient (Wildman–Crippen LogP) is 3.68. The molecule has 10 atom stereocenters. The molecule has 10 unspecified atom stereocenters. The molecule has 2 bridgehead atoms. The van der Waals surface area contributed by atoms with Crippen molar-refractivity contribution >= 4 is 23.7 Å². The summed E-state index contributed by atoms with van der Waals surface area (Å²) in [5.41, 5.74) is 1.43. The molecule has 0 amide bonds. The zero-order chi connectivity index (χ0) is 28.7. The molecule has 1 N–H and O–H groups in total. The van der Waals surface area contributed by atoms with E-state index in [4.69, 9.17) is 14.2 Å². The van der Waals surface area contributed by atoms with Crippen LogP contribution in [0.15, 0.2) is 46.1 Å². The zero-order valence-corrected chi connectivity index (χ0v) is 23.7. The first-order valence-corrected chi connectivity index (χ1v) is 14.4. The van der Waals surface area contributed by atoms with Crippen LogP contribution in [0.4, 0.5) is 0 Å². The minimum atomic E-state index is -1.11. The molecule has 0 aromatic carbocycles. The molecule has 7 rings (SSSR count). The Hall–Kier alpha value is -3.00. The molecule has 1 spiro atoms. The lowest BCUT2D eigenvalue weighted by molar-refractivity contribution is -0.159. The van der Waals surface area contributed by atoms with Crippen molar-refractivity contribution in [2.24, 2.45) is 34.5 Å². The van der Waals surface area contributed by atoms with E-state index >= 15 is 0 Å². The van der Waals surface area contributed by atoms with Gasteiger partial charge in [-0.05, 0) is 69.6 Å². The smallest absolute Gasteiger partial charge is 0.334 e. The zero-order valence-electron chi connectivity index (χ0n) is 23.7. The van der Waals surface area contributed by atoms with E-state index in [1.165, 1.54) is 6.92 Å². The third-order valence-electron chi connectivity index (χ3n) is 11.6. The SMILES string of the molecule is C=C1C(=O)OC2C3=C(C4CC3(C)C3(C4)C(=O)OC4C5C(C)=CC(=O)C5=C(C)CC(OC(C)=O)C43)C(C)(O)CCC12. The average Bonchev–Trinajstić information content (AvgIpc) is 3.54. The van der Waals surface area contributed by atoms with Gasteiger partial charge in [-0.1, -0.05) is 24.6 Å². The first-order chi connectivity index (χ1) is 18.7. The van der Waals surface area contributed by atoms with Gasteiger partial charge in [0.25, 0.3) is 0 Å². The second kappa shape index (κ2) is 7.84. The number of esters is 3. The number of fused-ring (bicyclic) bond motifs is 11. The average molecular weight is 549 g/mol. The van der Waals surface area contributed by atoms with Crippen molar-refractivity contribution in [3.63, 3.8) is 0 Å². The summed E-state index contributed by atoms with van der Waals surface area (Å²) in [4.78, 5) is 52.7. The number of hydrogen-bond donors (Lipinski definition) is 1. The van der Waals surface area contributed by atoms with Crippen molar-refractivity contribution in [3.8, 4) is 0 Å². The van der Waals surface area contributed by atoms with Crippen LogP contribution in [0.1, 0.15) is 66.7 Å². The molecule has 8 heteroatoms. The van der Waals surface area contributed by atoms with Crippen molar-refractivity contribution in [2.75, 3.05) is 0 Å². The van der Waals surface area contributed by atoms with Gasteiger partial charge in [0.2, 0.25) is 0 Å². The van der Waals surface area contributed by atoms with Gasteiger partial charge in [-0.15, -0.1) is 0 Å².